The zero-order valence-electron chi connectivity index (χ0n) is 14.4. The summed E-state index contributed by atoms with van der Waals surface area (Å²) in [4.78, 5) is 23.5. The number of aliphatic hydroxyl groups excluding tert-OH is 1. The molecule has 0 saturated heterocycles. The molecule has 1 aliphatic rings. The van der Waals surface area contributed by atoms with Gasteiger partial charge in [-0.25, -0.2) is 9.48 Å². The first kappa shape index (κ1) is 18.8. The van der Waals surface area contributed by atoms with Gasteiger partial charge in [0.05, 0.1) is 17.7 Å². The third-order valence-corrected chi connectivity index (χ3v) is 4.11. The number of hydrogen-bond acceptors (Lipinski definition) is 8. The molecule has 0 saturated carbocycles. The van der Waals surface area contributed by atoms with Gasteiger partial charge in [-0.2, -0.15) is 0 Å². The Hall–Kier alpha value is -2.96. The summed E-state index contributed by atoms with van der Waals surface area (Å²) in [6.45, 7) is -0.172. The van der Waals surface area contributed by atoms with Crippen LogP contribution in [0.2, 0.25) is 0 Å². The van der Waals surface area contributed by atoms with Crippen molar-refractivity contribution in [3.63, 3.8) is 0 Å². The van der Waals surface area contributed by atoms with Crippen LogP contribution in [-0.2, 0) is 17.8 Å². The minimum absolute atomic E-state index is 0.0467. The number of carboxylic acids is 1. The van der Waals surface area contributed by atoms with Gasteiger partial charge in [-0.15, -0.1) is 5.10 Å². The number of carboxylic acid groups (broad SMARTS) is 1. The Morgan fingerprint density at radius 2 is 2.26 bits per heavy atom. The van der Waals surface area contributed by atoms with Gasteiger partial charge in [-0.1, -0.05) is 17.3 Å². The number of aromatic nitrogens is 3. The van der Waals surface area contributed by atoms with Gasteiger partial charge in [0.1, 0.15) is 18.0 Å². The highest BCUT2D eigenvalue weighted by Gasteiger charge is 2.37. The molecule has 11 nitrogen and oxygen atoms in total. The van der Waals surface area contributed by atoms with Crippen molar-refractivity contribution in [2.75, 3.05) is 7.05 Å². The second kappa shape index (κ2) is 7.74. The molecule has 0 radical (unpaired) electrons. The molecule has 1 aliphatic heterocycles. The summed E-state index contributed by atoms with van der Waals surface area (Å²) in [6.07, 6.45) is 0.642. The number of aromatic carboxylic acids is 1. The van der Waals surface area contributed by atoms with E-state index in [1.54, 1.807) is 19.2 Å². The van der Waals surface area contributed by atoms with Crippen LogP contribution < -0.4 is 15.3 Å². The molecule has 3 rings (SSSR count). The quantitative estimate of drug-likeness (QED) is 0.294. The van der Waals surface area contributed by atoms with E-state index in [1.807, 2.05) is 0 Å². The van der Waals surface area contributed by atoms with Crippen molar-refractivity contribution in [3.8, 4) is 5.75 Å². The number of rotatable bonds is 6. The molecule has 1 aromatic heterocycles. The Labute approximate surface area is 154 Å². The Morgan fingerprint density at radius 3 is 2.96 bits per heavy atom. The lowest BCUT2D eigenvalue weighted by atomic mass is 9.72. The van der Waals surface area contributed by atoms with Crippen LogP contribution in [0.5, 0.6) is 5.75 Å². The summed E-state index contributed by atoms with van der Waals surface area (Å²) in [5.41, 5.74) is 0.793. The molecule has 1 unspecified atom stereocenters. The maximum Gasteiger partial charge on any atom is 0.547 e. The maximum absolute atomic E-state index is 12.2. The van der Waals surface area contributed by atoms with Crippen LogP contribution in [0.25, 0.3) is 0 Å². The fraction of sp³-hybridized carbons (Fsp3) is 0.333. The van der Waals surface area contributed by atoms with Crippen LogP contribution in [0.15, 0.2) is 24.4 Å². The highest BCUT2D eigenvalue weighted by molar-refractivity contribution is 6.47. The van der Waals surface area contributed by atoms with Gasteiger partial charge < -0.3 is 25.2 Å². The fourth-order valence-electron chi connectivity index (χ4n) is 2.78. The van der Waals surface area contributed by atoms with Gasteiger partial charge >= 0.3 is 13.1 Å². The van der Waals surface area contributed by atoms with E-state index in [2.05, 4.69) is 20.9 Å². The zero-order valence-corrected chi connectivity index (χ0v) is 14.4. The first-order valence-corrected chi connectivity index (χ1v) is 8.13. The predicted octanol–water partition coefficient (Wildman–Crippen LogP) is -1.67. The second-order valence-electron chi connectivity index (χ2n) is 6.02. The SMILES string of the molecule is CNC(O)c1cn(CC(=O)N[C@H]2Cc3cccc(C(=O)O)c3OB2O)nn1. The number of para-hydroxylation sites is 1. The van der Waals surface area contributed by atoms with E-state index in [0.29, 0.717) is 5.56 Å². The van der Waals surface area contributed by atoms with Crippen LogP contribution >= 0.6 is 0 Å². The molecular weight excluding hydrogens is 357 g/mol. The predicted molar refractivity (Wildman–Crippen MR) is 91.7 cm³/mol. The van der Waals surface area contributed by atoms with Crippen LogP contribution in [0, 0.1) is 0 Å². The number of nitrogens with zero attached hydrogens (tertiary/aromatic N) is 3. The van der Waals surface area contributed by atoms with Crippen LogP contribution in [0.1, 0.15) is 27.8 Å². The maximum atomic E-state index is 12.2. The second-order valence-corrected chi connectivity index (χ2v) is 6.02. The molecule has 1 aromatic carbocycles. The number of fused-ring (bicyclic) bond motifs is 1. The molecule has 0 aliphatic carbocycles. The fourth-order valence-corrected chi connectivity index (χ4v) is 2.78. The molecule has 5 N–H and O–H groups in total. The third-order valence-electron chi connectivity index (χ3n) is 4.11. The molecule has 142 valence electrons. The lowest BCUT2D eigenvalue weighted by Crippen LogP contribution is -2.53. The van der Waals surface area contributed by atoms with Crippen molar-refractivity contribution < 1.29 is 29.5 Å². The van der Waals surface area contributed by atoms with E-state index < -0.39 is 31.2 Å². The lowest BCUT2D eigenvalue weighted by molar-refractivity contribution is -0.122. The first-order chi connectivity index (χ1) is 12.9. The van der Waals surface area contributed by atoms with Crippen molar-refractivity contribution in [1.82, 2.24) is 25.6 Å². The van der Waals surface area contributed by atoms with Crippen LogP contribution in [0.3, 0.4) is 0 Å². The Morgan fingerprint density at radius 1 is 1.48 bits per heavy atom. The molecule has 0 spiro atoms. The molecule has 0 fully saturated rings. The van der Waals surface area contributed by atoms with Gasteiger partial charge in [-0.05, 0) is 25.1 Å². The molecule has 2 aromatic rings. The summed E-state index contributed by atoms with van der Waals surface area (Å²) in [5, 5.41) is 41.7. The number of carbonyl (C=O) groups is 2. The smallest absolute Gasteiger partial charge is 0.534 e. The molecule has 2 heterocycles. The Balaban J connectivity index is 1.66. The van der Waals surface area contributed by atoms with Gasteiger partial charge in [0, 0.05) is 0 Å². The summed E-state index contributed by atoms with van der Waals surface area (Å²) >= 11 is 0. The minimum atomic E-state index is -1.39. The highest BCUT2D eigenvalue weighted by Crippen LogP contribution is 2.30. The molecule has 0 bridgehead atoms. The number of nitrogens with one attached hydrogen (secondary N) is 2. The first-order valence-electron chi connectivity index (χ1n) is 8.13. The van der Waals surface area contributed by atoms with E-state index in [4.69, 9.17) is 4.65 Å². The summed E-state index contributed by atoms with van der Waals surface area (Å²) in [7, 11) is 0.161. The number of amides is 1. The lowest BCUT2D eigenvalue weighted by Gasteiger charge is -2.28. The zero-order chi connectivity index (χ0) is 19.6. The van der Waals surface area contributed by atoms with Crippen LogP contribution in [-0.4, -0.2) is 62.2 Å². The van der Waals surface area contributed by atoms with Gasteiger partial charge in [-0.3, -0.25) is 10.1 Å². The van der Waals surface area contributed by atoms with Gasteiger partial charge in [0.2, 0.25) is 5.91 Å². The van der Waals surface area contributed by atoms with E-state index in [-0.39, 0.29) is 30.0 Å². The average Bonchev–Trinajstić information content (AvgIpc) is 3.09. The number of carbonyl (C=O) groups excluding carboxylic acids is 1. The molecule has 1 amide bonds. The van der Waals surface area contributed by atoms with E-state index in [1.165, 1.54) is 16.9 Å². The van der Waals surface area contributed by atoms with Gasteiger partial charge in [0.15, 0.2) is 6.23 Å². The average molecular weight is 375 g/mol. The van der Waals surface area contributed by atoms with E-state index in [0.717, 1.165) is 0 Å². The monoisotopic (exact) mass is 375 g/mol. The minimum Gasteiger partial charge on any atom is -0.534 e. The van der Waals surface area contributed by atoms with Crippen molar-refractivity contribution in [3.05, 3.63) is 41.2 Å². The number of hydrogen-bond donors (Lipinski definition) is 5. The topological polar surface area (TPSA) is 159 Å². The van der Waals surface area contributed by atoms with E-state index >= 15 is 0 Å². The molecule has 27 heavy (non-hydrogen) atoms. The number of aliphatic hydroxyl groups is 1. The highest BCUT2D eigenvalue weighted by atomic mass is 16.5. The summed E-state index contributed by atoms with van der Waals surface area (Å²) in [5.74, 6) is -2.26. The Bertz CT molecular complexity index is 859. The molecular formula is C15H18BN5O6. The number of benzene rings is 1. The van der Waals surface area contributed by atoms with Gasteiger partial charge in [0.25, 0.3) is 0 Å². The van der Waals surface area contributed by atoms with Crippen molar-refractivity contribution in [2.45, 2.75) is 25.1 Å². The van der Waals surface area contributed by atoms with E-state index in [9.17, 15) is 24.8 Å². The molecule has 12 heteroatoms. The summed E-state index contributed by atoms with van der Waals surface area (Å²) < 4.78 is 6.57. The third kappa shape index (κ3) is 4.08. The van der Waals surface area contributed by atoms with Crippen LogP contribution in [0.4, 0.5) is 0 Å². The normalized spacial score (nSPS) is 17.0. The van der Waals surface area contributed by atoms with Crippen molar-refractivity contribution in [1.29, 1.82) is 0 Å². The summed E-state index contributed by atoms with van der Waals surface area (Å²) in [6, 6.07) is 4.64. The van der Waals surface area contributed by atoms with Crippen molar-refractivity contribution >= 4 is 19.0 Å². The standard InChI is InChI=1S/C15H18BN5O6/c1-17-14(23)10-6-21(20-19-10)7-12(22)18-11-5-8-3-2-4-9(15(24)25)13(8)27-16(11)26/h2-4,6,11,14,17,23,26H,5,7H2,1H3,(H,18,22)(H,24,25)/t11-,14?/m0/s1. The molecule has 2 atom stereocenters. The Kier molecular flexibility index (Phi) is 5.39. The van der Waals surface area contributed by atoms with Crippen molar-refractivity contribution in [2.24, 2.45) is 0 Å². The largest absolute Gasteiger partial charge is 0.547 e.